The van der Waals surface area contributed by atoms with Crippen molar-refractivity contribution < 1.29 is 4.79 Å². The van der Waals surface area contributed by atoms with Crippen LogP contribution in [0.15, 0.2) is 0 Å². The quantitative estimate of drug-likeness (QED) is 0.821. The topological polar surface area (TPSA) is 85.8 Å². The maximum atomic E-state index is 12.0. The lowest BCUT2D eigenvalue weighted by molar-refractivity contribution is -0.122. The van der Waals surface area contributed by atoms with Gasteiger partial charge in [-0.05, 0) is 31.6 Å². The number of carbonyl (C=O) groups is 1. The second-order valence-corrected chi connectivity index (χ2v) is 6.65. The summed E-state index contributed by atoms with van der Waals surface area (Å²) < 4.78 is 2.24. The molecule has 0 aromatic carbocycles. The van der Waals surface area contributed by atoms with Gasteiger partial charge in [-0.15, -0.1) is 35.0 Å². The van der Waals surface area contributed by atoms with Crippen LogP contribution in [-0.4, -0.2) is 33.3 Å². The van der Waals surface area contributed by atoms with E-state index in [9.17, 15) is 4.79 Å². The zero-order valence-electron chi connectivity index (χ0n) is 14.1. The van der Waals surface area contributed by atoms with Crippen molar-refractivity contribution >= 4 is 30.7 Å². The van der Waals surface area contributed by atoms with Crippen molar-refractivity contribution in [2.45, 2.75) is 70.4 Å². The summed E-state index contributed by atoms with van der Waals surface area (Å²) in [5, 5.41) is 11.6. The van der Waals surface area contributed by atoms with Gasteiger partial charge in [0.25, 0.3) is 0 Å². The average Bonchev–Trinajstić information content (AvgIpc) is 2.98. The Hall–Kier alpha value is -0.850. The zero-order valence-corrected chi connectivity index (χ0v) is 15.7. The SMILES string of the molecule is Cl.Cl.N[C@@H]1CCC[C@H]1CC(=O)NCCc1nnc2n1CCCCC2. The lowest BCUT2D eigenvalue weighted by atomic mass is 10.00. The Bertz CT molecular complexity index is 523. The summed E-state index contributed by atoms with van der Waals surface area (Å²) in [6, 6.07) is 0.206. The maximum Gasteiger partial charge on any atom is 0.220 e. The number of nitrogens with one attached hydrogen (secondary N) is 1. The van der Waals surface area contributed by atoms with E-state index in [1.54, 1.807) is 0 Å². The van der Waals surface area contributed by atoms with Gasteiger partial charge in [0, 0.05) is 38.4 Å². The molecule has 6 nitrogen and oxygen atoms in total. The van der Waals surface area contributed by atoms with Crippen LogP contribution in [0.4, 0.5) is 0 Å². The number of fused-ring (bicyclic) bond motifs is 1. The van der Waals surface area contributed by atoms with E-state index in [2.05, 4.69) is 20.1 Å². The Morgan fingerprint density at radius 2 is 2.00 bits per heavy atom. The van der Waals surface area contributed by atoms with Gasteiger partial charge < -0.3 is 15.6 Å². The van der Waals surface area contributed by atoms with Gasteiger partial charge in [0.1, 0.15) is 11.6 Å². The number of aromatic nitrogens is 3. The molecule has 1 aromatic heterocycles. The third kappa shape index (κ3) is 5.33. The van der Waals surface area contributed by atoms with Crippen molar-refractivity contribution in [3.8, 4) is 0 Å². The van der Waals surface area contributed by atoms with Crippen LogP contribution < -0.4 is 11.1 Å². The first-order chi connectivity index (χ1) is 10.7. The number of aryl methyl sites for hydroxylation is 1. The first-order valence-electron chi connectivity index (χ1n) is 8.67. The molecule has 3 N–H and O–H groups in total. The number of nitrogens with two attached hydrogens (primary N) is 1. The highest BCUT2D eigenvalue weighted by molar-refractivity contribution is 5.85. The molecule has 1 saturated carbocycles. The van der Waals surface area contributed by atoms with Crippen LogP contribution in [0.3, 0.4) is 0 Å². The van der Waals surface area contributed by atoms with E-state index in [0.29, 0.717) is 18.9 Å². The van der Waals surface area contributed by atoms with E-state index in [1.807, 2.05) is 0 Å². The Morgan fingerprint density at radius 3 is 2.75 bits per heavy atom. The fourth-order valence-corrected chi connectivity index (χ4v) is 3.67. The smallest absolute Gasteiger partial charge is 0.220 e. The molecule has 8 heteroatoms. The van der Waals surface area contributed by atoms with Gasteiger partial charge in [0.05, 0.1) is 0 Å². The van der Waals surface area contributed by atoms with Crippen molar-refractivity contribution in [2.24, 2.45) is 11.7 Å². The Balaban J connectivity index is 0.00000144. The van der Waals surface area contributed by atoms with Crippen molar-refractivity contribution in [3.63, 3.8) is 0 Å². The van der Waals surface area contributed by atoms with Gasteiger partial charge >= 0.3 is 0 Å². The second-order valence-electron chi connectivity index (χ2n) is 6.65. The first-order valence-corrected chi connectivity index (χ1v) is 8.67. The molecule has 0 spiro atoms. The van der Waals surface area contributed by atoms with E-state index in [0.717, 1.165) is 50.3 Å². The van der Waals surface area contributed by atoms with Gasteiger partial charge in [0.15, 0.2) is 0 Å². The summed E-state index contributed by atoms with van der Waals surface area (Å²) in [6.07, 6.45) is 9.33. The van der Waals surface area contributed by atoms with E-state index < -0.39 is 0 Å². The molecule has 1 aliphatic heterocycles. The van der Waals surface area contributed by atoms with E-state index >= 15 is 0 Å². The van der Waals surface area contributed by atoms with E-state index in [1.165, 1.54) is 19.3 Å². The van der Waals surface area contributed by atoms with Gasteiger partial charge in [-0.2, -0.15) is 0 Å². The Labute approximate surface area is 156 Å². The van der Waals surface area contributed by atoms with Crippen molar-refractivity contribution in [1.82, 2.24) is 20.1 Å². The van der Waals surface area contributed by atoms with Gasteiger partial charge in [-0.25, -0.2) is 0 Å². The normalized spacial score (nSPS) is 22.7. The molecular formula is C16H29Cl2N5O. The lowest BCUT2D eigenvalue weighted by Gasteiger charge is -2.14. The van der Waals surface area contributed by atoms with Crippen molar-refractivity contribution in [3.05, 3.63) is 11.6 Å². The molecule has 2 atom stereocenters. The summed E-state index contributed by atoms with van der Waals surface area (Å²) in [5.41, 5.74) is 6.02. The fourth-order valence-electron chi connectivity index (χ4n) is 3.67. The Kier molecular flexibility index (Phi) is 9.02. The number of nitrogens with zero attached hydrogens (tertiary/aromatic N) is 3. The largest absolute Gasteiger partial charge is 0.356 e. The predicted octanol–water partition coefficient (Wildman–Crippen LogP) is 2.02. The van der Waals surface area contributed by atoms with Crippen LogP contribution in [0.2, 0.25) is 0 Å². The molecular weight excluding hydrogens is 349 g/mol. The van der Waals surface area contributed by atoms with Crippen molar-refractivity contribution in [2.75, 3.05) is 6.54 Å². The second kappa shape index (κ2) is 10.2. The van der Waals surface area contributed by atoms with Crippen LogP contribution >= 0.6 is 24.8 Å². The monoisotopic (exact) mass is 377 g/mol. The van der Waals surface area contributed by atoms with Gasteiger partial charge in [0.2, 0.25) is 5.91 Å². The standard InChI is InChI=1S/C16H27N5O.2ClH/c17-13-6-4-5-12(13)11-16(22)18-9-8-15-20-19-14-7-2-1-3-10-21(14)15;;/h12-13H,1-11,17H2,(H,18,22);2*1H/t12-,13+;;/m0../s1. The summed E-state index contributed by atoms with van der Waals surface area (Å²) >= 11 is 0. The molecule has 0 unspecified atom stereocenters. The minimum atomic E-state index is 0. The molecule has 3 rings (SSSR count). The third-order valence-corrected chi connectivity index (χ3v) is 5.02. The molecule has 138 valence electrons. The van der Waals surface area contributed by atoms with Crippen LogP contribution in [0, 0.1) is 5.92 Å². The molecule has 1 aromatic rings. The first kappa shape index (κ1) is 21.2. The molecule has 1 fully saturated rings. The Morgan fingerprint density at radius 1 is 1.17 bits per heavy atom. The maximum absolute atomic E-state index is 12.0. The van der Waals surface area contributed by atoms with Gasteiger partial charge in [-0.3, -0.25) is 4.79 Å². The molecule has 0 saturated heterocycles. The molecule has 2 aliphatic rings. The molecule has 0 bridgehead atoms. The molecule has 0 radical (unpaired) electrons. The molecule has 1 aliphatic carbocycles. The van der Waals surface area contributed by atoms with E-state index in [4.69, 9.17) is 5.73 Å². The number of hydrogen-bond acceptors (Lipinski definition) is 4. The van der Waals surface area contributed by atoms with Crippen LogP contribution in [0.5, 0.6) is 0 Å². The summed E-state index contributed by atoms with van der Waals surface area (Å²) in [5.74, 6) is 2.60. The minimum Gasteiger partial charge on any atom is -0.356 e. The number of carbonyl (C=O) groups excluding carboxylic acids is 1. The van der Waals surface area contributed by atoms with Crippen molar-refractivity contribution in [1.29, 1.82) is 0 Å². The highest BCUT2D eigenvalue weighted by Crippen LogP contribution is 2.26. The van der Waals surface area contributed by atoms with Crippen LogP contribution in [0.25, 0.3) is 0 Å². The highest BCUT2D eigenvalue weighted by atomic mass is 35.5. The highest BCUT2D eigenvalue weighted by Gasteiger charge is 2.25. The molecule has 2 heterocycles. The lowest BCUT2D eigenvalue weighted by Crippen LogP contribution is -2.32. The van der Waals surface area contributed by atoms with Crippen LogP contribution in [-0.2, 0) is 24.2 Å². The summed E-state index contributed by atoms with van der Waals surface area (Å²) in [7, 11) is 0. The van der Waals surface area contributed by atoms with Gasteiger partial charge in [-0.1, -0.05) is 12.8 Å². The van der Waals surface area contributed by atoms with E-state index in [-0.39, 0.29) is 36.8 Å². The third-order valence-electron chi connectivity index (χ3n) is 5.02. The summed E-state index contributed by atoms with van der Waals surface area (Å²) in [6.45, 7) is 1.65. The van der Waals surface area contributed by atoms with Crippen LogP contribution in [0.1, 0.15) is 56.6 Å². The average molecular weight is 378 g/mol. The zero-order chi connectivity index (χ0) is 15.4. The number of hydrogen-bond donors (Lipinski definition) is 2. The number of rotatable bonds is 5. The fraction of sp³-hybridized carbons (Fsp3) is 0.812. The molecule has 24 heavy (non-hydrogen) atoms. The minimum absolute atomic E-state index is 0. The molecule has 1 amide bonds. The number of amides is 1. The predicted molar refractivity (Wildman–Crippen MR) is 98.7 cm³/mol. The number of halogens is 2. The summed E-state index contributed by atoms with van der Waals surface area (Å²) in [4.78, 5) is 12.0.